The molecule has 2 N–H and O–H groups in total. The van der Waals surface area contributed by atoms with Crippen LogP contribution < -0.4 is 0 Å². The lowest BCUT2D eigenvalue weighted by molar-refractivity contribution is 0.00635. The number of hydrogen-bond donors (Lipinski definition) is 2. The number of aryl methyl sites for hydroxylation is 1. The van der Waals surface area contributed by atoms with Gasteiger partial charge < -0.3 is 19.6 Å². The highest BCUT2D eigenvalue weighted by Crippen LogP contribution is 2.28. The number of allylic oxidation sites excluding steroid dienone is 2. The molecule has 6 nitrogen and oxygen atoms in total. The molecule has 0 aromatic carbocycles. The van der Waals surface area contributed by atoms with Crippen molar-refractivity contribution < 1.29 is 9.53 Å². The van der Waals surface area contributed by atoms with Crippen molar-refractivity contribution in [3.05, 3.63) is 64.4 Å². The van der Waals surface area contributed by atoms with Gasteiger partial charge in [0, 0.05) is 11.9 Å². The summed E-state index contributed by atoms with van der Waals surface area (Å²) < 4.78 is 5.49. The van der Waals surface area contributed by atoms with E-state index in [0.29, 0.717) is 5.69 Å². The number of carbonyl (C=O) groups is 1. The molecule has 0 saturated carbocycles. The average molecular weight is 409 g/mol. The third-order valence-electron chi connectivity index (χ3n) is 4.76. The number of esters is 1. The van der Waals surface area contributed by atoms with E-state index in [4.69, 9.17) is 9.73 Å². The van der Waals surface area contributed by atoms with Crippen LogP contribution in [-0.4, -0.2) is 52.8 Å². The zero-order chi connectivity index (χ0) is 21.9. The highest BCUT2D eigenvalue weighted by atomic mass is 16.6. The van der Waals surface area contributed by atoms with Gasteiger partial charge in [-0.05, 0) is 103 Å². The van der Waals surface area contributed by atoms with Gasteiger partial charge in [-0.25, -0.2) is 9.79 Å². The number of nitrogens with one attached hydrogen (secondary N) is 2. The Morgan fingerprint density at radius 3 is 2.70 bits per heavy atom. The van der Waals surface area contributed by atoms with Crippen LogP contribution >= 0.6 is 0 Å². The van der Waals surface area contributed by atoms with E-state index >= 15 is 0 Å². The van der Waals surface area contributed by atoms with Crippen molar-refractivity contribution in [3.8, 4) is 0 Å². The number of hydrogen-bond acceptors (Lipinski definition) is 4. The van der Waals surface area contributed by atoms with Gasteiger partial charge in [-0.3, -0.25) is 0 Å². The second-order valence-corrected chi connectivity index (χ2v) is 8.97. The summed E-state index contributed by atoms with van der Waals surface area (Å²) in [5.41, 5.74) is 5.86. The first-order valence-corrected chi connectivity index (χ1v) is 10.3. The lowest BCUT2D eigenvalue weighted by Crippen LogP contribution is -2.24. The number of nitrogens with zero attached hydrogens (tertiary/aromatic N) is 2. The zero-order valence-corrected chi connectivity index (χ0v) is 18.8. The van der Waals surface area contributed by atoms with E-state index in [9.17, 15) is 4.79 Å². The number of aromatic nitrogens is 2. The molecule has 0 saturated heterocycles. The highest BCUT2D eigenvalue weighted by molar-refractivity contribution is 6.11. The summed E-state index contributed by atoms with van der Waals surface area (Å²) in [6, 6.07) is 5.83. The molecule has 160 valence electrons. The maximum absolute atomic E-state index is 12.4. The molecule has 0 fully saturated rings. The van der Waals surface area contributed by atoms with Gasteiger partial charge in [-0.15, -0.1) is 0 Å². The quantitative estimate of drug-likeness (QED) is 0.651. The Bertz CT molecular complexity index is 983. The largest absolute Gasteiger partial charge is 0.455 e. The molecule has 6 heteroatoms. The summed E-state index contributed by atoms with van der Waals surface area (Å²) in [5.74, 6) is -0.348. The molecule has 0 radical (unpaired) electrons. The van der Waals surface area contributed by atoms with Crippen LogP contribution in [0.4, 0.5) is 0 Å². The van der Waals surface area contributed by atoms with E-state index in [1.165, 1.54) is 5.57 Å². The zero-order valence-electron chi connectivity index (χ0n) is 18.8. The molecule has 1 aliphatic heterocycles. The Morgan fingerprint density at radius 1 is 1.30 bits per heavy atom. The fourth-order valence-electron chi connectivity index (χ4n) is 3.32. The Labute approximate surface area is 178 Å². The molecule has 0 atom stereocenters. The van der Waals surface area contributed by atoms with Gasteiger partial charge in [-0.1, -0.05) is 0 Å². The fourth-order valence-corrected chi connectivity index (χ4v) is 3.32. The topological polar surface area (TPSA) is 73.5 Å². The first kappa shape index (κ1) is 21.8. The van der Waals surface area contributed by atoms with Gasteiger partial charge in [0.25, 0.3) is 0 Å². The van der Waals surface area contributed by atoms with Gasteiger partial charge in [0.1, 0.15) is 11.3 Å². The molecule has 30 heavy (non-hydrogen) atoms. The average Bonchev–Trinajstić information content (AvgIpc) is 3.35. The lowest BCUT2D eigenvalue weighted by atomic mass is 10.1. The van der Waals surface area contributed by atoms with Gasteiger partial charge >= 0.3 is 5.97 Å². The standard InChI is InChI=1S/C24H32N4O2/c1-16-13-22(23(29)30-24(2,3)4)26-19(16)15-20-17(9-8-12-28(5)6)14-21(27-20)18-10-7-11-25-18/h7,10-11,13-15,25-26H,8-9,12H2,1-6H3/b20-15-. The van der Waals surface area contributed by atoms with Crippen LogP contribution in [0.15, 0.2) is 46.7 Å². The summed E-state index contributed by atoms with van der Waals surface area (Å²) in [6.07, 6.45) is 8.08. The molecule has 0 aliphatic carbocycles. The van der Waals surface area contributed by atoms with Gasteiger partial charge in [0.05, 0.1) is 17.1 Å². The maximum Gasteiger partial charge on any atom is 0.355 e. The molecule has 3 heterocycles. The van der Waals surface area contributed by atoms with Crippen LogP contribution in [-0.2, 0) is 4.74 Å². The predicted molar refractivity (Wildman–Crippen MR) is 122 cm³/mol. The van der Waals surface area contributed by atoms with Crippen molar-refractivity contribution >= 4 is 17.8 Å². The molecule has 0 spiro atoms. The Hall–Kier alpha value is -2.86. The minimum Gasteiger partial charge on any atom is -0.455 e. The second kappa shape index (κ2) is 8.88. The smallest absolute Gasteiger partial charge is 0.355 e. The number of aliphatic imine (C=N–C) groups is 1. The van der Waals surface area contributed by atoms with E-state index in [1.54, 1.807) is 0 Å². The SMILES string of the molecule is Cc1cc(C(=O)OC(C)(C)C)[nH]c1/C=C1\N=C(c2ccc[nH]2)C=C1CCCN(C)C. The Morgan fingerprint density at radius 2 is 2.07 bits per heavy atom. The van der Waals surface area contributed by atoms with Gasteiger partial charge in [0.15, 0.2) is 0 Å². The van der Waals surface area contributed by atoms with E-state index in [-0.39, 0.29) is 5.97 Å². The van der Waals surface area contributed by atoms with E-state index < -0.39 is 5.60 Å². The normalized spacial score (nSPS) is 15.6. The minimum atomic E-state index is -0.530. The molecule has 0 bridgehead atoms. The van der Waals surface area contributed by atoms with Crippen LogP contribution in [0.1, 0.15) is 61.1 Å². The fraction of sp³-hybridized carbons (Fsp3) is 0.417. The molecule has 3 rings (SSSR count). The van der Waals surface area contributed by atoms with E-state index in [2.05, 4.69) is 35.0 Å². The first-order chi connectivity index (χ1) is 14.1. The molecule has 2 aromatic heterocycles. The van der Waals surface area contributed by atoms with Crippen molar-refractivity contribution in [1.82, 2.24) is 14.9 Å². The number of ether oxygens (including phenoxy) is 1. The van der Waals surface area contributed by atoms with Crippen LogP contribution in [0, 0.1) is 6.92 Å². The summed E-state index contributed by atoms with van der Waals surface area (Å²) in [7, 11) is 4.17. The van der Waals surface area contributed by atoms with Gasteiger partial charge in [0.2, 0.25) is 0 Å². The van der Waals surface area contributed by atoms with Crippen LogP contribution in [0.3, 0.4) is 0 Å². The van der Waals surface area contributed by atoms with Crippen molar-refractivity contribution in [2.45, 2.75) is 46.1 Å². The van der Waals surface area contributed by atoms with Crippen molar-refractivity contribution in [2.75, 3.05) is 20.6 Å². The molecule has 1 aliphatic rings. The molecular formula is C24H32N4O2. The van der Waals surface area contributed by atoms with Crippen molar-refractivity contribution in [1.29, 1.82) is 0 Å². The Kier molecular flexibility index (Phi) is 6.46. The summed E-state index contributed by atoms with van der Waals surface area (Å²) >= 11 is 0. The monoisotopic (exact) mass is 408 g/mol. The Balaban J connectivity index is 1.87. The van der Waals surface area contributed by atoms with E-state index in [1.807, 2.05) is 58.2 Å². The maximum atomic E-state index is 12.4. The number of carbonyl (C=O) groups excluding carboxylic acids is 1. The molecule has 0 amide bonds. The minimum absolute atomic E-state index is 0.348. The van der Waals surface area contributed by atoms with Crippen molar-refractivity contribution in [2.24, 2.45) is 4.99 Å². The molecule has 0 unspecified atom stereocenters. The highest BCUT2D eigenvalue weighted by Gasteiger charge is 2.21. The number of rotatable bonds is 7. The van der Waals surface area contributed by atoms with Crippen LogP contribution in [0.2, 0.25) is 0 Å². The first-order valence-electron chi connectivity index (χ1n) is 10.3. The number of aromatic amines is 2. The molecular weight excluding hydrogens is 376 g/mol. The number of H-pyrrole nitrogens is 2. The van der Waals surface area contributed by atoms with Crippen LogP contribution in [0.5, 0.6) is 0 Å². The van der Waals surface area contributed by atoms with Crippen molar-refractivity contribution in [3.63, 3.8) is 0 Å². The summed E-state index contributed by atoms with van der Waals surface area (Å²) in [4.78, 5) is 25.9. The third kappa shape index (κ3) is 5.60. The molecule has 2 aromatic rings. The van der Waals surface area contributed by atoms with Crippen LogP contribution in [0.25, 0.3) is 6.08 Å². The van der Waals surface area contributed by atoms with Gasteiger partial charge in [-0.2, -0.15) is 0 Å². The lowest BCUT2D eigenvalue weighted by Gasteiger charge is -2.18. The third-order valence-corrected chi connectivity index (χ3v) is 4.76. The summed E-state index contributed by atoms with van der Waals surface area (Å²) in [5, 5.41) is 0. The van der Waals surface area contributed by atoms with E-state index in [0.717, 1.165) is 47.7 Å². The summed E-state index contributed by atoms with van der Waals surface area (Å²) in [6.45, 7) is 8.60. The predicted octanol–water partition coefficient (Wildman–Crippen LogP) is 4.72. The second-order valence-electron chi connectivity index (χ2n) is 8.97.